The van der Waals surface area contributed by atoms with Gasteiger partial charge in [-0.3, -0.25) is 0 Å². The molecule has 0 bridgehead atoms. The Morgan fingerprint density at radius 2 is 1.73 bits per heavy atom. The summed E-state index contributed by atoms with van der Waals surface area (Å²) in [6.45, 7) is 3.87. The predicted molar refractivity (Wildman–Crippen MR) is 91.7 cm³/mol. The second-order valence-corrected chi connectivity index (χ2v) is 6.87. The summed E-state index contributed by atoms with van der Waals surface area (Å²) in [5.74, 6) is -1.73. The van der Waals surface area contributed by atoms with Crippen LogP contribution in [0.4, 0.5) is 19.1 Å². The first-order chi connectivity index (χ1) is 12.4. The van der Waals surface area contributed by atoms with Gasteiger partial charge in [-0.15, -0.1) is 5.10 Å². The average molecular weight is 382 g/mol. The van der Waals surface area contributed by atoms with Crippen LogP contribution in [-0.4, -0.2) is 32.7 Å². The highest BCUT2D eigenvalue weighted by Crippen LogP contribution is 2.32. The van der Waals surface area contributed by atoms with Gasteiger partial charge in [0, 0.05) is 37.0 Å². The maximum atomic E-state index is 14.1. The van der Waals surface area contributed by atoms with Crippen molar-refractivity contribution in [3.8, 4) is 11.1 Å². The van der Waals surface area contributed by atoms with Crippen LogP contribution in [0, 0.1) is 23.4 Å². The minimum Gasteiger partial charge on any atom is -0.339 e. The van der Waals surface area contributed by atoms with Crippen LogP contribution >= 0.6 is 11.6 Å². The molecule has 0 aliphatic carbocycles. The van der Waals surface area contributed by atoms with Crippen LogP contribution in [0.3, 0.4) is 0 Å². The van der Waals surface area contributed by atoms with Crippen molar-refractivity contribution in [1.82, 2.24) is 19.6 Å². The van der Waals surface area contributed by atoms with Crippen molar-refractivity contribution in [3.05, 3.63) is 40.9 Å². The quantitative estimate of drug-likeness (QED) is 0.627. The normalized spacial score (nSPS) is 15.8. The molecule has 1 saturated heterocycles. The molecule has 3 heterocycles. The predicted octanol–water partition coefficient (Wildman–Crippen LogP) is 4.10. The Morgan fingerprint density at radius 1 is 1.08 bits per heavy atom. The zero-order valence-electron chi connectivity index (χ0n) is 13.9. The Balaban J connectivity index is 1.77. The van der Waals surface area contributed by atoms with E-state index < -0.39 is 23.0 Å². The van der Waals surface area contributed by atoms with Gasteiger partial charge in [-0.2, -0.15) is 9.97 Å². The van der Waals surface area contributed by atoms with Crippen LogP contribution in [0.1, 0.15) is 19.8 Å². The molecule has 0 N–H and O–H groups in total. The lowest BCUT2D eigenvalue weighted by molar-refractivity contribution is 0.434. The molecular weight excluding hydrogens is 367 g/mol. The number of hydrogen-bond donors (Lipinski definition) is 0. The molecule has 0 atom stereocenters. The van der Waals surface area contributed by atoms with E-state index in [1.165, 1.54) is 10.7 Å². The van der Waals surface area contributed by atoms with Gasteiger partial charge in [-0.05, 0) is 18.8 Å². The molecule has 5 nitrogen and oxygen atoms in total. The summed E-state index contributed by atoms with van der Waals surface area (Å²) < 4.78 is 42.7. The molecule has 0 radical (unpaired) electrons. The minimum absolute atomic E-state index is 0.0158. The molecule has 0 amide bonds. The summed E-state index contributed by atoms with van der Waals surface area (Å²) >= 11 is 6.10. The fourth-order valence-electron chi connectivity index (χ4n) is 3.10. The van der Waals surface area contributed by atoms with Crippen molar-refractivity contribution in [2.24, 2.45) is 5.92 Å². The number of piperidine rings is 1. The van der Waals surface area contributed by atoms with Crippen LogP contribution in [-0.2, 0) is 0 Å². The first-order valence-corrected chi connectivity index (χ1v) is 8.63. The van der Waals surface area contributed by atoms with Crippen molar-refractivity contribution in [3.63, 3.8) is 0 Å². The van der Waals surface area contributed by atoms with E-state index in [2.05, 4.69) is 22.0 Å². The number of fused-ring (bicyclic) bond motifs is 1. The van der Waals surface area contributed by atoms with Gasteiger partial charge in [0.15, 0.2) is 0 Å². The number of rotatable bonds is 2. The number of hydrogen-bond acceptors (Lipinski definition) is 4. The monoisotopic (exact) mass is 381 g/mol. The Hall–Kier alpha value is -2.35. The molecule has 1 aliphatic heterocycles. The van der Waals surface area contributed by atoms with E-state index in [4.69, 9.17) is 11.6 Å². The van der Waals surface area contributed by atoms with E-state index in [0.29, 0.717) is 24.0 Å². The van der Waals surface area contributed by atoms with Crippen LogP contribution in [0.2, 0.25) is 5.15 Å². The fraction of sp³-hybridized carbons (Fsp3) is 0.353. The van der Waals surface area contributed by atoms with Gasteiger partial charge in [0.1, 0.15) is 22.6 Å². The van der Waals surface area contributed by atoms with Crippen molar-refractivity contribution in [1.29, 1.82) is 0 Å². The highest BCUT2D eigenvalue weighted by atomic mass is 35.5. The zero-order chi connectivity index (χ0) is 18.4. The van der Waals surface area contributed by atoms with Crippen LogP contribution in [0.15, 0.2) is 18.3 Å². The maximum Gasteiger partial charge on any atom is 0.255 e. The molecule has 0 unspecified atom stereocenters. The van der Waals surface area contributed by atoms with Gasteiger partial charge >= 0.3 is 0 Å². The van der Waals surface area contributed by atoms with Crippen molar-refractivity contribution < 1.29 is 13.2 Å². The summed E-state index contributed by atoms with van der Waals surface area (Å²) in [4.78, 5) is 10.5. The molecule has 0 saturated carbocycles. The third-order valence-electron chi connectivity index (χ3n) is 4.62. The van der Waals surface area contributed by atoms with Gasteiger partial charge in [0.2, 0.25) is 5.95 Å². The lowest BCUT2D eigenvalue weighted by atomic mass is 10.00. The number of anilines is 1. The maximum absolute atomic E-state index is 14.1. The lowest BCUT2D eigenvalue weighted by Gasteiger charge is -2.28. The third-order valence-corrected chi connectivity index (χ3v) is 4.90. The van der Waals surface area contributed by atoms with Gasteiger partial charge in [0.25, 0.3) is 5.78 Å². The van der Waals surface area contributed by atoms with Crippen molar-refractivity contribution in [2.75, 3.05) is 18.0 Å². The molecule has 4 rings (SSSR count). The molecule has 2 aromatic heterocycles. The third kappa shape index (κ3) is 2.98. The standard InChI is InChI=1S/C17H15ClF3N5/c1-9-2-4-25(5-3-9)17-23-16-22-15(18)11(8-26(16)24-17)14-12(20)6-10(19)7-13(14)21/h6-9H,2-5H2,1H3. The fourth-order valence-corrected chi connectivity index (χ4v) is 3.32. The highest BCUT2D eigenvalue weighted by Gasteiger charge is 2.22. The smallest absolute Gasteiger partial charge is 0.255 e. The SMILES string of the molecule is CC1CCN(c2nc3nc(Cl)c(-c4c(F)cc(F)cc4F)cn3n2)CC1. The van der Waals surface area contributed by atoms with E-state index in [1.54, 1.807) is 0 Å². The highest BCUT2D eigenvalue weighted by molar-refractivity contribution is 6.32. The molecule has 1 fully saturated rings. The molecular formula is C17H15ClF3N5. The molecule has 3 aromatic rings. The summed E-state index contributed by atoms with van der Waals surface area (Å²) in [5.41, 5.74) is -0.465. The Morgan fingerprint density at radius 3 is 2.38 bits per heavy atom. The van der Waals surface area contributed by atoms with Crippen LogP contribution in [0.5, 0.6) is 0 Å². The number of nitrogens with zero attached hydrogens (tertiary/aromatic N) is 5. The number of benzene rings is 1. The van der Waals surface area contributed by atoms with E-state index >= 15 is 0 Å². The van der Waals surface area contributed by atoms with E-state index in [1.807, 2.05) is 4.90 Å². The van der Waals surface area contributed by atoms with Gasteiger partial charge in [-0.1, -0.05) is 18.5 Å². The molecule has 0 spiro atoms. The minimum atomic E-state index is -1.06. The van der Waals surface area contributed by atoms with Gasteiger partial charge in [-0.25, -0.2) is 17.7 Å². The second-order valence-electron chi connectivity index (χ2n) is 6.52. The van der Waals surface area contributed by atoms with Gasteiger partial charge in [0.05, 0.1) is 5.56 Å². The van der Waals surface area contributed by atoms with E-state index in [9.17, 15) is 13.2 Å². The number of aromatic nitrogens is 4. The van der Waals surface area contributed by atoms with E-state index in [-0.39, 0.29) is 16.5 Å². The summed E-state index contributed by atoms with van der Waals surface area (Å²) in [7, 11) is 0. The van der Waals surface area contributed by atoms with Gasteiger partial charge < -0.3 is 4.90 Å². The van der Waals surface area contributed by atoms with E-state index in [0.717, 1.165) is 25.9 Å². The lowest BCUT2D eigenvalue weighted by Crippen LogP contribution is -2.33. The molecule has 1 aromatic carbocycles. The first kappa shape index (κ1) is 17.1. The topological polar surface area (TPSA) is 46.3 Å². The number of halogens is 4. The van der Waals surface area contributed by atoms with Crippen LogP contribution in [0.25, 0.3) is 16.9 Å². The second kappa shape index (κ2) is 6.42. The average Bonchev–Trinajstić information content (AvgIpc) is 2.97. The largest absolute Gasteiger partial charge is 0.339 e. The summed E-state index contributed by atoms with van der Waals surface area (Å²) in [6, 6.07) is 1.20. The Kier molecular flexibility index (Phi) is 4.22. The van der Waals surface area contributed by atoms with Crippen LogP contribution < -0.4 is 4.90 Å². The summed E-state index contributed by atoms with van der Waals surface area (Å²) in [5, 5.41) is 4.23. The Labute approximate surface area is 152 Å². The van der Waals surface area contributed by atoms with Crippen molar-refractivity contribution >= 4 is 23.3 Å². The molecule has 1 aliphatic rings. The molecule has 136 valence electrons. The molecule has 26 heavy (non-hydrogen) atoms. The van der Waals surface area contributed by atoms with Crippen molar-refractivity contribution in [2.45, 2.75) is 19.8 Å². The Bertz CT molecular complexity index is 959. The summed E-state index contributed by atoms with van der Waals surface area (Å²) in [6.07, 6.45) is 3.44. The molecule has 9 heteroatoms. The first-order valence-electron chi connectivity index (χ1n) is 8.25. The zero-order valence-corrected chi connectivity index (χ0v) is 14.6.